The van der Waals surface area contributed by atoms with E-state index in [4.69, 9.17) is 5.41 Å². The highest BCUT2D eigenvalue weighted by Crippen LogP contribution is 2.23. The second-order valence-corrected chi connectivity index (χ2v) is 5.80. The summed E-state index contributed by atoms with van der Waals surface area (Å²) in [4.78, 5) is 0. The molecule has 122 valence electrons. The van der Waals surface area contributed by atoms with Crippen LogP contribution < -0.4 is 0 Å². The zero-order valence-electron chi connectivity index (χ0n) is 14.8. The van der Waals surface area contributed by atoms with Crippen molar-refractivity contribution in [2.75, 3.05) is 0 Å². The Morgan fingerprint density at radius 3 is 2.04 bits per heavy atom. The molecule has 23 heavy (non-hydrogen) atoms. The van der Waals surface area contributed by atoms with E-state index in [0.29, 0.717) is 5.92 Å². The summed E-state index contributed by atoms with van der Waals surface area (Å²) in [6, 6.07) is 17.5. The molecule has 0 saturated heterocycles. The lowest BCUT2D eigenvalue weighted by Gasteiger charge is -2.09. The fourth-order valence-corrected chi connectivity index (χ4v) is 2.50. The maximum absolute atomic E-state index is 7.01. The third-order valence-corrected chi connectivity index (χ3v) is 3.42. The number of rotatable bonds is 6. The molecule has 1 nitrogen and oxygen atoms in total. The lowest BCUT2D eigenvalue weighted by molar-refractivity contribution is 0.647. The molecule has 0 unspecified atom stereocenters. The van der Waals surface area contributed by atoms with E-state index in [0.717, 1.165) is 12.8 Å². The molecule has 0 fully saturated rings. The Kier molecular flexibility index (Phi) is 8.67. The number of benzene rings is 2. The van der Waals surface area contributed by atoms with Crippen molar-refractivity contribution in [3.63, 3.8) is 0 Å². The van der Waals surface area contributed by atoms with E-state index in [9.17, 15) is 0 Å². The second-order valence-electron chi connectivity index (χ2n) is 5.80. The summed E-state index contributed by atoms with van der Waals surface area (Å²) in [5.41, 5.74) is 5.23. The smallest absolute Gasteiger partial charge is 0.0174 e. The third kappa shape index (κ3) is 6.65. The molecule has 0 saturated carbocycles. The van der Waals surface area contributed by atoms with Crippen LogP contribution in [-0.4, -0.2) is 6.21 Å². The Morgan fingerprint density at radius 1 is 0.913 bits per heavy atom. The molecule has 1 N–H and O–H groups in total. The van der Waals surface area contributed by atoms with Crippen LogP contribution in [0.15, 0.2) is 60.7 Å². The minimum absolute atomic E-state index is 0.679. The van der Waals surface area contributed by atoms with Gasteiger partial charge in [-0.3, -0.25) is 0 Å². The SMILES string of the molecule is CC.CC(C)Cc1cccc(-c2cccc(C/C=C\C=N)c2)c1. The number of nitrogens with one attached hydrogen (secondary N) is 1. The first-order valence-electron chi connectivity index (χ1n) is 8.53. The predicted octanol–water partition coefficient (Wildman–Crippen LogP) is 6.33. The van der Waals surface area contributed by atoms with E-state index in [1.165, 1.54) is 28.5 Å². The van der Waals surface area contributed by atoms with Crippen LogP contribution >= 0.6 is 0 Å². The first-order valence-corrected chi connectivity index (χ1v) is 8.53. The van der Waals surface area contributed by atoms with E-state index in [-0.39, 0.29) is 0 Å². The molecule has 0 aromatic heterocycles. The summed E-state index contributed by atoms with van der Waals surface area (Å²) < 4.78 is 0. The summed E-state index contributed by atoms with van der Waals surface area (Å²) in [6.07, 6.45) is 7.10. The minimum atomic E-state index is 0.679. The van der Waals surface area contributed by atoms with Crippen molar-refractivity contribution < 1.29 is 0 Å². The van der Waals surface area contributed by atoms with Gasteiger partial charge in [-0.15, -0.1) is 0 Å². The van der Waals surface area contributed by atoms with E-state index in [1.54, 1.807) is 6.08 Å². The van der Waals surface area contributed by atoms with Crippen molar-refractivity contribution in [3.05, 3.63) is 71.8 Å². The van der Waals surface area contributed by atoms with Crippen molar-refractivity contribution in [2.24, 2.45) is 5.92 Å². The van der Waals surface area contributed by atoms with Gasteiger partial charge in [0.25, 0.3) is 0 Å². The van der Waals surface area contributed by atoms with E-state index >= 15 is 0 Å². The molecule has 2 aromatic carbocycles. The first-order chi connectivity index (χ1) is 11.2. The summed E-state index contributed by atoms with van der Waals surface area (Å²) in [7, 11) is 0. The quantitative estimate of drug-likeness (QED) is 0.603. The Morgan fingerprint density at radius 2 is 1.48 bits per heavy atom. The Hall–Kier alpha value is -2.15. The molecule has 0 heterocycles. The van der Waals surface area contributed by atoms with Gasteiger partial charge in [0, 0.05) is 6.21 Å². The molecule has 0 aliphatic rings. The van der Waals surface area contributed by atoms with Gasteiger partial charge in [0.15, 0.2) is 0 Å². The fourth-order valence-electron chi connectivity index (χ4n) is 2.50. The highest BCUT2D eigenvalue weighted by atomic mass is 14.3. The van der Waals surface area contributed by atoms with E-state index < -0.39 is 0 Å². The summed E-state index contributed by atoms with van der Waals surface area (Å²) in [5.74, 6) is 0.679. The number of hydrogen-bond donors (Lipinski definition) is 1. The monoisotopic (exact) mass is 307 g/mol. The van der Waals surface area contributed by atoms with Crippen LogP contribution in [0.4, 0.5) is 0 Å². The van der Waals surface area contributed by atoms with Gasteiger partial charge >= 0.3 is 0 Å². The molecule has 1 heteroatoms. The topological polar surface area (TPSA) is 23.9 Å². The lowest BCUT2D eigenvalue weighted by Crippen LogP contribution is -1.94. The molecular weight excluding hydrogens is 278 g/mol. The van der Waals surface area contributed by atoms with Gasteiger partial charge in [-0.2, -0.15) is 0 Å². The van der Waals surface area contributed by atoms with Crippen LogP contribution in [0, 0.1) is 11.3 Å². The standard InChI is InChI=1S/C20H23N.C2H6/c1-16(2)13-18-9-6-11-20(15-18)19-10-5-8-17(14-19)7-3-4-12-21;1-2/h3-6,8-12,14-16,21H,7,13H2,1-2H3;1-2H3/b4-3-,21-12?;. The number of allylic oxidation sites excluding steroid dienone is 2. The Balaban J connectivity index is 0.00000127. The van der Waals surface area contributed by atoms with Gasteiger partial charge in [0.05, 0.1) is 0 Å². The molecule has 2 rings (SSSR count). The first kappa shape index (κ1) is 18.9. The highest BCUT2D eigenvalue weighted by Gasteiger charge is 2.02. The molecule has 0 atom stereocenters. The van der Waals surface area contributed by atoms with Crippen LogP contribution in [-0.2, 0) is 12.8 Å². The van der Waals surface area contributed by atoms with Gasteiger partial charge < -0.3 is 5.41 Å². The highest BCUT2D eigenvalue weighted by molar-refractivity contribution is 5.68. The normalized spacial score (nSPS) is 10.5. The number of hydrogen-bond acceptors (Lipinski definition) is 1. The molecule has 0 aliphatic heterocycles. The maximum atomic E-state index is 7.01. The molecule has 0 aliphatic carbocycles. The summed E-state index contributed by atoms with van der Waals surface area (Å²) in [6.45, 7) is 8.51. The molecule has 0 amide bonds. The van der Waals surface area contributed by atoms with Crippen LogP contribution in [0.3, 0.4) is 0 Å². The minimum Gasteiger partial charge on any atom is -0.309 e. The Bertz CT molecular complexity index is 623. The average molecular weight is 307 g/mol. The zero-order chi connectivity index (χ0) is 17.1. The molecule has 0 spiro atoms. The molecular formula is C22H29N. The largest absolute Gasteiger partial charge is 0.309 e. The van der Waals surface area contributed by atoms with Crippen LogP contribution in [0.5, 0.6) is 0 Å². The van der Waals surface area contributed by atoms with Crippen LogP contribution in [0.1, 0.15) is 38.8 Å². The van der Waals surface area contributed by atoms with Crippen molar-refractivity contribution >= 4 is 6.21 Å². The van der Waals surface area contributed by atoms with Crippen molar-refractivity contribution in [1.29, 1.82) is 5.41 Å². The fraction of sp³-hybridized carbons (Fsp3) is 0.318. The van der Waals surface area contributed by atoms with Gasteiger partial charge in [0.1, 0.15) is 0 Å². The van der Waals surface area contributed by atoms with Crippen molar-refractivity contribution in [1.82, 2.24) is 0 Å². The molecule has 0 bridgehead atoms. The van der Waals surface area contributed by atoms with Gasteiger partial charge in [0.2, 0.25) is 0 Å². The third-order valence-electron chi connectivity index (χ3n) is 3.42. The van der Waals surface area contributed by atoms with Gasteiger partial charge in [-0.1, -0.05) is 82.3 Å². The summed E-state index contributed by atoms with van der Waals surface area (Å²) in [5, 5.41) is 7.01. The zero-order valence-corrected chi connectivity index (χ0v) is 14.8. The maximum Gasteiger partial charge on any atom is 0.0174 e. The van der Waals surface area contributed by atoms with E-state index in [2.05, 4.69) is 62.4 Å². The summed E-state index contributed by atoms with van der Waals surface area (Å²) >= 11 is 0. The molecule has 2 aromatic rings. The van der Waals surface area contributed by atoms with Crippen LogP contribution in [0.25, 0.3) is 11.1 Å². The van der Waals surface area contributed by atoms with Crippen LogP contribution in [0.2, 0.25) is 0 Å². The average Bonchev–Trinajstić information content (AvgIpc) is 2.57. The Labute approximate surface area is 141 Å². The van der Waals surface area contributed by atoms with E-state index in [1.807, 2.05) is 19.9 Å². The van der Waals surface area contributed by atoms with Gasteiger partial charge in [-0.25, -0.2) is 0 Å². The predicted molar refractivity (Wildman–Crippen MR) is 103 cm³/mol. The van der Waals surface area contributed by atoms with Gasteiger partial charge in [-0.05, 0) is 47.1 Å². The van der Waals surface area contributed by atoms with Crippen molar-refractivity contribution in [3.8, 4) is 11.1 Å². The lowest BCUT2D eigenvalue weighted by atomic mass is 9.97. The molecule has 0 radical (unpaired) electrons. The second kappa shape index (κ2) is 10.6. The van der Waals surface area contributed by atoms with Crippen molar-refractivity contribution in [2.45, 2.75) is 40.5 Å².